The molecule has 0 heterocycles. The van der Waals surface area contributed by atoms with E-state index in [1.54, 1.807) is 0 Å². The lowest BCUT2D eigenvalue weighted by atomic mass is 9.83. The van der Waals surface area contributed by atoms with Gasteiger partial charge in [-0.15, -0.1) is 0 Å². The van der Waals surface area contributed by atoms with Gasteiger partial charge in [0.2, 0.25) is 5.91 Å². The zero-order valence-corrected chi connectivity index (χ0v) is 11.2. The van der Waals surface area contributed by atoms with E-state index in [1.165, 1.54) is 19.3 Å². The molecule has 0 atom stereocenters. The van der Waals surface area contributed by atoms with Gasteiger partial charge in [-0.25, -0.2) is 0 Å². The Kier molecular flexibility index (Phi) is 5.65. The minimum absolute atomic E-state index is 0.0870. The Hall–Kier alpha value is -0.0500. The topological polar surface area (TPSA) is 29.1 Å². The molecule has 2 nitrogen and oxygen atoms in total. The predicted molar refractivity (Wildman–Crippen MR) is 67.3 cm³/mol. The van der Waals surface area contributed by atoms with Gasteiger partial charge in [0, 0.05) is 17.3 Å². The van der Waals surface area contributed by atoms with Gasteiger partial charge in [-0.2, -0.15) is 0 Å². The van der Waals surface area contributed by atoms with Crippen LogP contribution in [0.3, 0.4) is 0 Å². The number of carbonyl (C=O) groups excluding carboxylic acids is 1. The van der Waals surface area contributed by atoms with E-state index in [0.29, 0.717) is 6.42 Å². The van der Waals surface area contributed by atoms with Crippen LogP contribution >= 0.6 is 15.9 Å². The molecule has 88 valence electrons. The number of alkyl halides is 1. The van der Waals surface area contributed by atoms with Crippen LogP contribution in [0, 0.1) is 0 Å². The van der Waals surface area contributed by atoms with Gasteiger partial charge in [0.15, 0.2) is 0 Å². The predicted octanol–water partition coefficient (Wildman–Crippen LogP) is 3.39. The summed E-state index contributed by atoms with van der Waals surface area (Å²) >= 11 is 3.38. The van der Waals surface area contributed by atoms with E-state index in [2.05, 4.69) is 28.2 Å². The molecule has 0 saturated heterocycles. The number of hydrogen-bond donors (Lipinski definition) is 1. The molecular weight excluding hydrogens is 254 g/mol. The number of halogens is 1. The number of rotatable bonds is 5. The molecule has 1 rings (SSSR count). The first kappa shape index (κ1) is 13.0. The van der Waals surface area contributed by atoms with E-state index in [4.69, 9.17) is 0 Å². The maximum atomic E-state index is 11.7. The summed E-state index contributed by atoms with van der Waals surface area (Å²) in [5.74, 6) is 0.236. The fourth-order valence-electron chi connectivity index (χ4n) is 2.24. The van der Waals surface area contributed by atoms with Gasteiger partial charge in [0.1, 0.15) is 0 Å². The van der Waals surface area contributed by atoms with Crippen LogP contribution in [0.15, 0.2) is 0 Å². The minimum Gasteiger partial charge on any atom is -0.351 e. The largest absolute Gasteiger partial charge is 0.351 e. The van der Waals surface area contributed by atoms with Crippen LogP contribution in [-0.4, -0.2) is 16.8 Å². The summed E-state index contributed by atoms with van der Waals surface area (Å²) in [6.45, 7) is 2.19. The van der Waals surface area contributed by atoms with Crippen LogP contribution in [0.5, 0.6) is 0 Å². The Morgan fingerprint density at radius 2 is 1.93 bits per heavy atom. The van der Waals surface area contributed by atoms with Crippen molar-refractivity contribution in [2.75, 3.05) is 5.33 Å². The van der Waals surface area contributed by atoms with Crippen LogP contribution in [0.25, 0.3) is 0 Å². The maximum Gasteiger partial charge on any atom is 0.220 e. The lowest BCUT2D eigenvalue weighted by Crippen LogP contribution is -2.47. The molecule has 1 saturated carbocycles. The number of amides is 1. The van der Waals surface area contributed by atoms with Gasteiger partial charge < -0.3 is 5.32 Å². The fraction of sp³-hybridized carbons (Fsp3) is 0.917. The molecule has 1 fully saturated rings. The summed E-state index contributed by atoms with van der Waals surface area (Å²) in [5.41, 5.74) is 0.0870. The first-order valence-corrected chi connectivity index (χ1v) is 7.15. The highest BCUT2D eigenvalue weighted by atomic mass is 79.9. The van der Waals surface area contributed by atoms with Crippen molar-refractivity contribution in [3.8, 4) is 0 Å². The monoisotopic (exact) mass is 275 g/mol. The lowest BCUT2D eigenvalue weighted by Gasteiger charge is -2.34. The van der Waals surface area contributed by atoms with Crippen LogP contribution in [0.1, 0.15) is 58.3 Å². The van der Waals surface area contributed by atoms with E-state index in [1.807, 2.05) is 0 Å². The summed E-state index contributed by atoms with van der Waals surface area (Å²) in [5, 5.41) is 4.20. The molecule has 0 radical (unpaired) electrons. The number of nitrogens with one attached hydrogen (secondary N) is 1. The highest BCUT2D eigenvalue weighted by Gasteiger charge is 2.27. The van der Waals surface area contributed by atoms with E-state index < -0.39 is 0 Å². The van der Waals surface area contributed by atoms with Gasteiger partial charge in [0.05, 0.1) is 0 Å². The molecule has 15 heavy (non-hydrogen) atoms. The molecule has 1 aliphatic rings. The summed E-state index contributed by atoms with van der Waals surface area (Å²) in [6.07, 6.45) is 8.91. The second kappa shape index (κ2) is 6.51. The highest BCUT2D eigenvalue weighted by molar-refractivity contribution is 9.09. The Balaban J connectivity index is 2.23. The normalized spacial score (nSPS) is 19.9. The quantitative estimate of drug-likeness (QED) is 0.605. The van der Waals surface area contributed by atoms with E-state index in [9.17, 15) is 4.79 Å². The molecule has 0 aromatic heterocycles. The Morgan fingerprint density at radius 3 is 2.53 bits per heavy atom. The molecule has 0 aromatic rings. The van der Waals surface area contributed by atoms with E-state index in [-0.39, 0.29) is 11.4 Å². The third-order valence-corrected chi connectivity index (χ3v) is 3.75. The second-order valence-corrected chi connectivity index (χ2v) is 5.61. The summed E-state index contributed by atoms with van der Waals surface area (Å²) in [4.78, 5) is 11.7. The lowest BCUT2D eigenvalue weighted by molar-refractivity contribution is -0.123. The van der Waals surface area contributed by atoms with Crippen LogP contribution in [-0.2, 0) is 4.79 Å². The van der Waals surface area contributed by atoms with Crippen molar-refractivity contribution >= 4 is 21.8 Å². The molecule has 3 heteroatoms. The van der Waals surface area contributed by atoms with E-state index in [0.717, 1.165) is 31.0 Å². The molecule has 0 unspecified atom stereocenters. The molecule has 0 spiro atoms. The van der Waals surface area contributed by atoms with E-state index >= 15 is 0 Å². The van der Waals surface area contributed by atoms with Crippen molar-refractivity contribution in [3.63, 3.8) is 0 Å². The van der Waals surface area contributed by atoms with Gasteiger partial charge in [-0.1, -0.05) is 35.2 Å². The molecule has 0 aromatic carbocycles. The van der Waals surface area contributed by atoms with Gasteiger partial charge >= 0.3 is 0 Å². The number of carbonyl (C=O) groups is 1. The minimum atomic E-state index is 0.0870. The summed E-state index contributed by atoms with van der Waals surface area (Å²) in [7, 11) is 0. The number of hydrogen-bond acceptors (Lipinski definition) is 1. The summed E-state index contributed by atoms with van der Waals surface area (Å²) < 4.78 is 0. The maximum absolute atomic E-state index is 11.7. The molecular formula is C12H22BrNO. The van der Waals surface area contributed by atoms with Crippen molar-refractivity contribution in [1.82, 2.24) is 5.32 Å². The van der Waals surface area contributed by atoms with Crippen molar-refractivity contribution in [2.24, 2.45) is 0 Å². The molecule has 1 aliphatic carbocycles. The first-order chi connectivity index (χ1) is 7.16. The third-order valence-electron chi connectivity index (χ3n) is 3.19. The molecule has 0 bridgehead atoms. The average molecular weight is 276 g/mol. The fourth-order valence-corrected chi connectivity index (χ4v) is 2.63. The van der Waals surface area contributed by atoms with Crippen molar-refractivity contribution in [2.45, 2.75) is 63.8 Å². The average Bonchev–Trinajstić information content (AvgIpc) is 2.18. The second-order valence-electron chi connectivity index (χ2n) is 4.82. The Bertz CT molecular complexity index is 200. The third kappa shape index (κ3) is 5.01. The van der Waals surface area contributed by atoms with Crippen molar-refractivity contribution in [3.05, 3.63) is 0 Å². The molecule has 0 aliphatic heterocycles. The smallest absolute Gasteiger partial charge is 0.220 e. The van der Waals surface area contributed by atoms with Gasteiger partial charge in [-0.3, -0.25) is 4.79 Å². The SMILES string of the molecule is CC1(NC(=O)CCCCBr)CCCCC1. The number of unbranched alkanes of at least 4 members (excludes halogenated alkanes) is 1. The zero-order chi connectivity index (χ0) is 11.1. The van der Waals surface area contributed by atoms with Gasteiger partial charge in [0.25, 0.3) is 0 Å². The Labute approximate surface area is 101 Å². The zero-order valence-electron chi connectivity index (χ0n) is 9.65. The van der Waals surface area contributed by atoms with Crippen molar-refractivity contribution in [1.29, 1.82) is 0 Å². The van der Waals surface area contributed by atoms with Crippen molar-refractivity contribution < 1.29 is 4.79 Å². The van der Waals surface area contributed by atoms with Crippen LogP contribution in [0.4, 0.5) is 0 Å². The van der Waals surface area contributed by atoms with Crippen LogP contribution in [0.2, 0.25) is 0 Å². The molecule has 1 N–H and O–H groups in total. The standard InChI is InChI=1S/C12H22BrNO/c1-12(8-4-2-5-9-12)14-11(15)7-3-6-10-13/h2-10H2,1H3,(H,14,15). The van der Waals surface area contributed by atoms with Gasteiger partial charge in [-0.05, 0) is 32.6 Å². The van der Waals surface area contributed by atoms with Crippen LogP contribution < -0.4 is 5.32 Å². The summed E-state index contributed by atoms with van der Waals surface area (Å²) in [6, 6.07) is 0. The highest BCUT2D eigenvalue weighted by Crippen LogP contribution is 2.27. The Morgan fingerprint density at radius 1 is 1.27 bits per heavy atom. The first-order valence-electron chi connectivity index (χ1n) is 6.03. The molecule has 1 amide bonds.